The second-order valence-corrected chi connectivity index (χ2v) is 11.5. The lowest BCUT2D eigenvalue weighted by molar-refractivity contribution is 0.101. The lowest BCUT2D eigenvalue weighted by atomic mass is 10.0. The number of rotatable bonds is 7. The van der Waals surface area contributed by atoms with Gasteiger partial charge in [-0.3, -0.25) is 14.9 Å². The average molecular weight is 578 g/mol. The molecule has 0 aliphatic heterocycles. The number of anilines is 2. The van der Waals surface area contributed by atoms with Gasteiger partial charge >= 0.3 is 0 Å². The smallest absolute Gasteiger partial charge is 0.274 e. The van der Waals surface area contributed by atoms with Crippen LogP contribution in [0.15, 0.2) is 47.1 Å². The standard InChI is InChI=1S/C25H20ClN9O2S2/c1-14-7-16(10-27)8-18(23(36)33-25-30-11-15(2)38-25)21(14)32-24(37)20-9-17(12-39(3)31-13-28)34-35(20)22-19(26)5-4-6-29-22/h4-9,11H,12H2,1-3H3,(H,32,37)(H,30,33,36). The summed E-state index contributed by atoms with van der Waals surface area (Å²) in [5, 5.41) is 29.1. The van der Waals surface area contributed by atoms with E-state index in [1.54, 1.807) is 49.8 Å². The number of pyridine rings is 1. The number of carbonyl (C=O) groups is 2. The van der Waals surface area contributed by atoms with Crippen molar-refractivity contribution in [3.63, 3.8) is 0 Å². The van der Waals surface area contributed by atoms with Gasteiger partial charge in [0.15, 0.2) is 10.9 Å². The number of benzene rings is 1. The Morgan fingerprint density at radius 2 is 1.97 bits per heavy atom. The molecule has 1 atom stereocenters. The molecule has 4 aromatic rings. The van der Waals surface area contributed by atoms with E-state index in [1.807, 2.05) is 13.0 Å². The number of amides is 2. The molecule has 1 aromatic carbocycles. The van der Waals surface area contributed by atoms with Crippen molar-refractivity contribution in [3.8, 4) is 18.1 Å². The number of aryl methyl sites for hydroxylation is 2. The van der Waals surface area contributed by atoms with Crippen LogP contribution >= 0.6 is 22.9 Å². The van der Waals surface area contributed by atoms with E-state index in [0.717, 1.165) is 4.88 Å². The third-order valence-electron chi connectivity index (χ3n) is 5.28. The fourth-order valence-corrected chi connectivity index (χ4v) is 5.26. The SMILES string of the molecule is Cc1cnc(NC(=O)c2cc(C#N)cc(C)c2NC(=O)c2cc(CS(C)=NC#N)nn2-c2ncccc2Cl)s1. The number of carbonyl (C=O) groups excluding carboxylic acids is 2. The topological polar surface area (TPSA) is 162 Å². The fraction of sp³-hybridized carbons (Fsp3) is 0.160. The van der Waals surface area contributed by atoms with Crippen LogP contribution in [-0.4, -0.2) is 37.8 Å². The Morgan fingerprint density at radius 1 is 1.18 bits per heavy atom. The van der Waals surface area contributed by atoms with Gasteiger partial charge in [-0.05, 0) is 56.0 Å². The van der Waals surface area contributed by atoms with Crippen LogP contribution in [0.25, 0.3) is 5.82 Å². The molecule has 4 rings (SSSR count). The first-order valence-corrected chi connectivity index (χ1v) is 14.2. The molecule has 39 heavy (non-hydrogen) atoms. The van der Waals surface area contributed by atoms with Crippen LogP contribution in [0.3, 0.4) is 0 Å². The molecule has 0 saturated carbocycles. The van der Waals surface area contributed by atoms with Crippen molar-refractivity contribution in [1.29, 1.82) is 10.5 Å². The molecular formula is C25H20ClN9O2S2. The predicted molar refractivity (Wildman–Crippen MR) is 150 cm³/mol. The molecule has 3 aromatic heterocycles. The minimum atomic E-state index is -0.650. The molecule has 196 valence electrons. The van der Waals surface area contributed by atoms with E-state index in [2.05, 4.69) is 30.1 Å². The summed E-state index contributed by atoms with van der Waals surface area (Å²) in [6.07, 6.45) is 6.72. The third-order valence-corrected chi connectivity index (χ3v) is 7.51. The highest BCUT2D eigenvalue weighted by Gasteiger charge is 2.23. The summed E-state index contributed by atoms with van der Waals surface area (Å²) in [7, 11) is -0.650. The molecule has 14 heteroatoms. The Morgan fingerprint density at radius 3 is 2.64 bits per heavy atom. The van der Waals surface area contributed by atoms with Crippen molar-refractivity contribution < 1.29 is 9.59 Å². The summed E-state index contributed by atoms with van der Waals surface area (Å²) in [6.45, 7) is 3.55. The molecule has 3 heterocycles. The maximum atomic E-state index is 13.7. The highest BCUT2D eigenvalue weighted by molar-refractivity contribution is 7.85. The fourth-order valence-electron chi connectivity index (χ4n) is 3.62. The molecule has 2 N–H and O–H groups in total. The van der Waals surface area contributed by atoms with E-state index in [4.69, 9.17) is 16.9 Å². The summed E-state index contributed by atoms with van der Waals surface area (Å²) < 4.78 is 5.14. The van der Waals surface area contributed by atoms with E-state index in [-0.39, 0.29) is 33.3 Å². The van der Waals surface area contributed by atoms with Crippen LogP contribution in [0.5, 0.6) is 0 Å². The predicted octanol–water partition coefficient (Wildman–Crippen LogP) is 4.78. The highest BCUT2D eigenvalue weighted by Crippen LogP contribution is 2.27. The molecule has 0 aliphatic rings. The first-order chi connectivity index (χ1) is 18.7. The average Bonchev–Trinajstić information content (AvgIpc) is 3.51. The number of halogens is 1. The second kappa shape index (κ2) is 12.0. The number of nitrogens with zero attached hydrogens (tertiary/aromatic N) is 7. The Labute approximate surface area is 235 Å². The minimum Gasteiger partial charge on any atom is -0.320 e. The van der Waals surface area contributed by atoms with Gasteiger partial charge in [-0.25, -0.2) is 14.6 Å². The van der Waals surface area contributed by atoms with Gasteiger partial charge in [-0.15, -0.1) is 11.3 Å². The zero-order valence-corrected chi connectivity index (χ0v) is 23.3. The maximum absolute atomic E-state index is 13.7. The Bertz CT molecular complexity index is 1710. The van der Waals surface area contributed by atoms with Gasteiger partial charge in [-0.1, -0.05) is 22.3 Å². The van der Waals surface area contributed by atoms with Crippen LogP contribution in [-0.2, 0) is 16.4 Å². The maximum Gasteiger partial charge on any atom is 0.274 e. The van der Waals surface area contributed by atoms with Crippen LogP contribution in [0.1, 0.15) is 42.5 Å². The van der Waals surface area contributed by atoms with Crippen molar-refractivity contribution in [2.24, 2.45) is 4.36 Å². The molecule has 11 nitrogen and oxygen atoms in total. The molecule has 0 fully saturated rings. The number of thiazole rings is 1. The molecule has 0 spiro atoms. The Balaban J connectivity index is 1.76. The summed E-state index contributed by atoms with van der Waals surface area (Å²) in [6, 6.07) is 9.85. The quantitative estimate of drug-likeness (QED) is 0.298. The van der Waals surface area contributed by atoms with Gasteiger partial charge in [-0.2, -0.15) is 20.0 Å². The molecule has 0 saturated heterocycles. The van der Waals surface area contributed by atoms with Crippen molar-refractivity contribution in [2.45, 2.75) is 19.6 Å². The second-order valence-electron chi connectivity index (χ2n) is 8.19. The van der Waals surface area contributed by atoms with Crippen LogP contribution in [0.4, 0.5) is 10.8 Å². The first kappa shape index (κ1) is 27.6. The minimum absolute atomic E-state index is 0.0952. The lowest BCUT2D eigenvalue weighted by Gasteiger charge is -2.15. The van der Waals surface area contributed by atoms with Crippen LogP contribution in [0, 0.1) is 36.6 Å². The van der Waals surface area contributed by atoms with Gasteiger partial charge in [0, 0.05) is 23.0 Å². The number of hydrogen-bond acceptors (Lipinski definition) is 9. The summed E-state index contributed by atoms with van der Waals surface area (Å²) in [4.78, 5) is 36.2. The van der Waals surface area contributed by atoms with E-state index < -0.39 is 22.5 Å². The van der Waals surface area contributed by atoms with Gasteiger partial charge in [0.2, 0.25) is 6.19 Å². The van der Waals surface area contributed by atoms with Crippen molar-refractivity contribution in [2.75, 3.05) is 16.9 Å². The Hall–Kier alpha value is -4.43. The number of hydrogen-bond donors (Lipinski definition) is 2. The van der Waals surface area contributed by atoms with Crippen molar-refractivity contribution in [3.05, 3.63) is 80.7 Å². The van der Waals surface area contributed by atoms with E-state index in [0.29, 0.717) is 22.1 Å². The highest BCUT2D eigenvalue weighted by atomic mass is 35.5. The van der Waals surface area contributed by atoms with E-state index in [1.165, 1.54) is 28.3 Å². The molecular weight excluding hydrogens is 558 g/mol. The first-order valence-electron chi connectivity index (χ1n) is 11.2. The van der Waals surface area contributed by atoms with Gasteiger partial charge in [0.05, 0.1) is 33.6 Å². The molecule has 0 radical (unpaired) electrons. The molecule has 0 bridgehead atoms. The normalized spacial score (nSPS) is 11.4. The number of nitrogens with one attached hydrogen (secondary N) is 2. The lowest BCUT2D eigenvalue weighted by Crippen LogP contribution is -2.22. The number of aromatic nitrogens is 4. The third kappa shape index (κ3) is 6.35. The summed E-state index contributed by atoms with van der Waals surface area (Å²) >= 11 is 7.66. The van der Waals surface area contributed by atoms with E-state index in [9.17, 15) is 14.9 Å². The summed E-state index contributed by atoms with van der Waals surface area (Å²) in [5.74, 6) is -0.565. The van der Waals surface area contributed by atoms with Crippen molar-refractivity contribution >= 4 is 56.3 Å². The molecule has 0 aliphatic carbocycles. The van der Waals surface area contributed by atoms with Crippen LogP contribution < -0.4 is 10.6 Å². The molecule has 2 amide bonds. The van der Waals surface area contributed by atoms with E-state index >= 15 is 0 Å². The Kier molecular flexibility index (Phi) is 8.46. The monoisotopic (exact) mass is 577 g/mol. The zero-order valence-electron chi connectivity index (χ0n) is 20.9. The van der Waals surface area contributed by atoms with Gasteiger partial charge in [0.25, 0.3) is 11.8 Å². The number of nitriles is 2. The largest absolute Gasteiger partial charge is 0.320 e. The van der Waals surface area contributed by atoms with Gasteiger partial charge in [0.1, 0.15) is 5.69 Å². The van der Waals surface area contributed by atoms with Gasteiger partial charge < -0.3 is 5.32 Å². The zero-order chi connectivity index (χ0) is 28.1. The summed E-state index contributed by atoms with van der Waals surface area (Å²) in [5.41, 5.74) is 1.69. The van der Waals surface area contributed by atoms with Crippen molar-refractivity contribution in [1.82, 2.24) is 19.7 Å². The van der Waals surface area contributed by atoms with Crippen LogP contribution in [0.2, 0.25) is 5.02 Å². The molecule has 1 unspecified atom stereocenters.